The number of anilines is 1. The second kappa shape index (κ2) is 8.88. The molecule has 0 saturated carbocycles. The molecule has 0 N–H and O–H groups in total. The number of benzene rings is 2. The first kappa shape index (κ1) is 20.8. The molecule has 1 fully saturated rings. The smallest absolute Gasteiger partial charge is 0.141 e. The fourth-order valence-electron chi connectivity index (χ4n) is 5.55. The van der Waals surface area contributed by atoms with E-state index >= 15 is 0 Å². The summed E-state index contributed by atoms with van der Waals surface area (Å²) in [4.78, 5) is 17.7. The van der Waals surface area contributed by atoms with Crippen LogP contribution in [-0.4, -0.2) is 41.0 Å². The number of hydrogen-bond donors (Lipinski definition) is 0. The number of piperazine rings is 1. The molecule has 168 valence electrons. The van der Waals surface area contributed by atoms with Gasteiger partial charge in [-0.05, 0) is 49.3 Å². The van der Waals surface area contributed by atoms with Crippen molar-refractivity contribution in [3.8, 4) is 0 Å². The topological polar surface area (TPSA) is 32.3 Å². The molecule has 2 aliphatic rings. The van der Waals surface area contributed by atoms with Crippen LogP contribution in [-0.2, 0) is 12.8 Å². The molecule has 5 heteroatoms. The van der Waals surface area contributed by atoms with Crippen molar-refractivity contribution in [2.75, 3.05) is 31.1 Å². The lowest BCUT2D eigenvalue weighted by Crippen LogP contribution is -2.48. The predicted molar refractivity (Wildman–Crippen MR) is 137 cm³/mol. The highest BCUT2D eigenvalue weighted by atomic mass is 32.1. The summed E-state index contributed by atoms with van der Waals surface area (Å²) in [6, 6.07) is 22.2. The molecule has 1 saturated heterocycles. The van der Waals surface area contributed by atoms with E-state index in [1.165, 1.54) is 58.4 Å². The molecule has 2 aromatic heterocycles. The molecule has 3 heterocycles. The van der Waals surface area contributed by atoms with Crippen molar-refractivity contribution in [1.82, 2.24) is 14.9 Å². The van der Waals surface area contributed by atoms with Gasteiger partial charge in [0.1, 0.15) is 16.5 Å². The molecule has 33 heavy (non-hydrogen) atoms. The van der Waals surface area contributed by atoms with Crippen LogP contribution in [0.1, 0.15) is 46.3 Å². The van der Waals surface area contributed by atoms with Gasteiger partial charge in [0.15, 0.2) is 0 Å². The first-order valence-electron chi connectivity index (χ1n) is 12.2. The summed E-state index contributed by atoms with van der Waals surface area (Å²) in [5.74, 6) is 2.07. The van der Waals surface area contributed by atoms with Crippen molar-refractivity contribution >= 4 is 27.4 Å². The third kappa shape index (κ3) is 3.94. The van der Waals surface area contributed by atoms with Crippen LogP contribution in [0, 0.1) is 6.92 Å². The SMILES string of the molecule is Cc1nc(N2CCN(C(c3ccccc3)c3ccccc3)CC2)c2c3c(sc2n1)CCCC3. The van der Waals surface area contributed by atoms with E-state index in [0.29, 0.717) is 0 Å². The number of fused-ring (bicyclic) bond motifs is 3. The van der Waals surface area contributed by atoms with Gasteiger partial charge >= 0.3 is 0 Å². The number of nitrogens with zero attached hydrogens (tertiary/aromatic N) is 4. The van der Waals surface area contributed by atoms with Crippen LogP contribution in [0.3, 0.4) is 0 Å². The second-order valence-electron chi connectivity index (χ2n) is 9.23. The van der Waals surface area contributed by atoms with Crippen molar-refractivity contribution in [1.29, 1.82) is 0 Å². The summed E-state index contributed by atoms with van der Waals surface area (Å²) in [7, 11) is 0. The molecule has 0 bridgehead atoms. The minimum absolute atomic E-state index is 0.288. The van der Waals surface area contributed by atoms with Crippen LogP contribution in [0.2, 0.25) is 0 Å². The Morgan fingerprint density at radius 1 is 0.788 bits per heavy atom. The summed E-state index contributed by atoms with van der Waals surface area (Å²) in [6.45, 7) is 6.06. The monoisotopic (exact) mass is 454 g/mol. The Kier molecular flexibility index (Phi) is 5.60. The first-order chi connectivity index (χ1) is 16.3. The van der Waals surface area contributed by atoms with Crippen molar-refractivity contribution in [3.63, 3.8) is 0 Å². The highest BCUT2D eigenvalue weighted by Gasteiger charge is 2.29. The van der Waals surface area contributed by atoms with Crippen LogP contribution < -0.4 is 4.90 Å². The molecule has 0 atom stereocenters. The van der Waals surface area contributed by atoms with Crippen LogP contribution in [0.15, 0.2) is 60.7 Å². The molecule has 1 aliphatic heterocycles. The molecule has 1 aliphatic carbocycles. The first-order valence-corrected chi connectivity index (χ1v) is 13.0. The van der Waals surface area contributed by atoms with Gasteiger partial charge in [0.05, 0.1) is 11.4 Å². The molecule has 0 radical (unpaired) electrons. The zero-order chi connectivity index (χ0) is 22.2. The number of aryl methyl sites for hydroxylation is 3. The third-order valence-corrected chi connectivity index (χ3v) is 8.30. The zero-order valence-corrected chi connectivity index (χ0v) is 20.0. The average molecular weight is 455 g/mol. The number of rotatable bonds is 4. The quantitative estimate of drug-likeness (QED) is 0.391. The van der Waals surface area contributed by atoms with Gasteiger partial charge in [0, 0.05) is 31.1 Å². The van der Waals surface area contributed by atoms with E-state index in [1.807, 2.05) is 18.3 Å². The summed E-state index contributed by atoms with van der Waals surface area (Å²) < 4.78 is 0. The molecule has 0 amide bonds. The molecule has 4 aromatic rings. The Balaban J connectivity index is 1.30. The molecular formula is C28H30N4S. The highest BCUT2D eigenvalue weighted by molar-refractivity contribution is 7.19. The fourth-order valence-corrected chi connectivity index (χ4v) is 6.85. The molecule has 0 unspecified atom stereocenters. The van der Waals surface area contributed by atoms with E-state index < -0.39 is 0 Å². The van der Waals surface area contributed by atoms with Gasteiger partial charge in [-0.2, -0.15) is 0 Å². The van der Waals surface area contributed by atoms with Crippen LogP contribution in [0.4, 0.5) is 5.82 Å². The maximum atomic E-state index is 4.99. The molecule has 4 nitrogen and oxygen atoms in total. The van der Waals surface area contributed by atoms with Gasteiger partial charge in [0.2, 0.25) is 0 Å². The lowest BCUT2D eigenvalue weighted by Gasteiger charge is -2.40. The van der Waals surface area contributed by atoms with E-state index in [-0.39, 0.29) is 6.04 Å². The Hall–Kier alpha value is -2.76. The van der Waals surface area contributed by atoms with Crippen LogP contribution >= 0.6 is 11.3 Å². The fraction of sp³-hybridized carbons (Fsp3) is 0.357. The standard InChI is InChI=1S/C28H30N4S/c1-20-29-27(25-23-14-8-9-15-24(23)33-28(25)30-20)32-18-16-31(17-19-32)26(21-10-4-2-5-11-21)22-12-6-3-7-13-22/h2-7,10-13,26H,8-9,14-19H2,1H3. The van der Waals surface area contributed by atoms with Crippen molar-refractivity contribution in [3.05, 3.63) is 88.1 Å². The maximum absolute atomic E-state index is 4.99. The Labute approximate surface area is 199 Å². The van der Waals surface area contributed by atoms with E-state index in [9.17, 15) is 0 Å². The minimum Gasteiger partial charge on any atom is -0.353 e. The van der Waals surface area contributed by atoms with Gasteiger partial charge in [-0.3, -0.25) is 4.90 Å². The molecule has 2 aromatic carbocycles. The number of aromatic nitrogens is 2. The van der Waals surface area contributed by atoms with Crippen molar-refractivity contribution in [2.24, 2.45) is 0 Å². The molecule has 0 spiro atoms. The highest BCUT2D eigenvalue weighted by Crippen LogP contribution is 2.40. The normalized spacial score (nSPS) is 17.0. The Morgan fingerprint density at radius 3 is 2.09 bits per heavy atom. The zero-order valence-electron chi connectivity index (χ0n) is 19.2. The Bertz CT molecular complexity index is 1200. The second-order valence-corrected chi connectivity index (χ2v) is 10.3. The van der Waals surface area contributed by atoms with Gasteiger partial charge in [-0.25, -0.2) is 9.97 Å². The Morgan fingerprint density at radius 2 is 1.42 bits per heavy atom. The predicted octanol–water partition coefficient (Wildman–Crippen LogP) is 5.79. The summed E-state index contributed by atoms with van der Waals surface area (Å²) in [6.07, 6.45) is 4.98. The van der Waals surface area contributed by atoms with Crippen molar-refractivity contribution in [2.45, 2.75) is 38.6 Å². The van der Waals surface area contributed by atoms with E-state index in [0.717, 1.165) is 32.0 Å². The summed E-state index contributed by atoms with van der Waals surface area (Å²) in [5, 5.41) is 1.34. The number of hydrogen-bond acceptors (Lipinski definition) is 5. The number of thiophene rings is 1. The molecule has 6 rings (SSSR count). The summed E-state index contributed by atoms with van der Waals surface area (Å²) in [5.41, 5.74) is 4.26. The van der Waals surface area contributed by atoms with E-state index in [2.05, 4.69) is 70.5 Å². The van der Waals surface area contributed by atoms with Crippen LogP contribution in [0.25, 0.3) is 10.2 Å². The molecular weight excluding hydrogens is 424 g/mol. The average Bonchev–Trinajstić information content (AvgIpc) is 3.24. The third-order valence-electron chi connectivity index (χ3n) is 7.12. The maximum Gasteiger partial charge on any atom is 0.141 e. The lowest BCUT2D eigenvalue weighted by molar-refractivity contribution is 0.212. The van der Waals surface area contributed by atoms with E-state index in [4.69, 9.17) is 9.97 Å². The van der Waals surface area contributed by atoms with Gasteiger partial charge in [-0.15, -0.1) is 11.3 Å². The lowest BCUT2D eigenvalue weighted by atomic mass is 9.96. The van der Waals surface area contributed by atoms with Gasteiger partial charge in [-0.1, -0.05) is 60.7 Å². The van der Waals surface area contributed by atoms with Crippen molar-refractivity contribution < 1.29 is 0 Å². The summed E-state index contributed by atoms with van der Waals surface area (Å²) >= 11 is 1.90. The van der Waals surface area contributed by atoms with E-state index in [1.54, 1.807) is 4.88 Å². The van der Waals surface area contributed by atoms with Gasteiger partial charge < -0.3 is 4.90 Å². The van der Waals surface area contributed by atoms with Gasteiger partial charge in [0.25, 0.3) is 0 Å². The van der Waals surface area contributed by atoms with Crippen LogP contribution in [0.5, 0.6) is 0 Å². The minimum atomic E-state index is 0.288. The largest absolute Gasteiger partial charge is 0.353 e.